The molecule has 2 rings (SSSR count). The summed E-state index contributed by atoms with van der Waals surface area (Å²) in [6.45, 7) is 8.15. The van der Waals surface area contributed by atoms with Gasteiger partial charge in [0.2, 0.25) is 0 Å². The van der Waals surface area contributed by atoms with Crippen molar-refractivity contribution in [3.05, 3.63) is 64.2 Å². The van der Waals surface area contributed by atoms with Crippen molar-refractivity contribution in [1.82, 2.24) is 4.90 Å². The van der Waals surface area contributed by atoms with Crippen LogP contribution in [0.3, 0.4) is 0 Å². The average molecular weight is 477 g/mol. The Morgan fingerprint density at radius 2 is 1.84 bits per heavy atom. The summed E-state index contributed by atoms with van der Waals surface area (Å²) in [6.07, 6.45) is 0.423. The van der Waals surface area contributed by atoms with E-state index in [2.05, 4.69) is 5.32 Å². The average Bonchev–Trinajstić information content (AvgIpc) is 2.73. The van der Waals surface area contributed by atoms with Gasteiger partial charge in [0.05, 0.1) is 12.2 Å². The van der Waals surface area contributed by atoms with E-state index in [4.69, 9.17) is 28.6 Å². The summed E-state index contributed by atoms with van der Waals surface area (Å²) >= 11 is 11.8. The molecular formula is C24H29ClN2O4S. The Morgan fingerprint density at radius 3 is 2.38 bits per heavy atom. The number of esters is 1. The number of carbonyl (C=O) groups excluding carboxylic acids is 1. The van der Waals surface area contributed by atoms with E-state index in [0.29, 0.717) is 29.3 Å². The molecular weight excluding hydrogens is 448 g/mol. The van der Waals surface area contributed by atoms with Crippen molar-refractivity contribution in [2.75, 3.05) is 11.9 Å². The van der Waals surface area contributed by atoms with Crippen LogP contribution in [-0.2, 0) is 16.1 Å². The molecule has 0 fully saturated rings. The molecule has 1 atom stereocenters. The number of carboxylic acids is 1. The van der Waals surface area contributed by atoms with E-state index in [0.717, 1.165) is 11.1 Å². The minimum absolute atomic E-state index is 0.154. The molecule has 0 radical (unpaired) electrons. The Labute approximate surface area is 199 Å². The number of carboxylic acid groups (broad SMARTS) is 1. The van der Waals surface area contributed by atoms with Crippen molar-refractivity contribution in [3.63, 3.8) is 0 Å². The Hall–Kier alpha value is -2.64. The van der Waals surface area contributed by atoms with Crippen LogP contribution in [0.2, 0.25) is 5.02 Å². The van der Waals surface area contributed by atoms with Crippen LogP contribution >= 0.6 is 23.8 Å². The molecule has 0 aliphatic heterocycles. The van der Waals surface area contributed by atoms with E-state index in [1.165, 1.54) is 0 Å². The summed E-state index contributed by atoms with van der Waals surface area (Å²) in [4.78, 5) is 25.7. The molecule has 0 amide bonds. The molecule has 0 saturated heterocycles. The molecule has 8 heteroatoms. The predicted molar refractivity (Wildman–Crippen MR) is 131 cm³/mol. The predicted octanol–water partition coefficient (Wildman–Crippen LogP) is 5.52. The van der Waals surface area contributed by atoms with Crippen molar-refractivity contribution >= 4 is 46.6 Å². The molecule has 0 aliphatic rings. The zero-order chi connectivity index (χ0) is 23.8. The second-order valence-corrected chi connectivity index (χ2v) is 8.72. The van der Waals surface area contributed by atoms with Gasteiger partial charge in [-0.05, 0) is 73.8 Å². The van der Waals surface area contributed by atoms with Gasteiger partial charge in [-0.15, -0.1) is 0 Å². The van der Waals surface area contributed by atoms with E-state index >= 15 is 0 Å². The normalized spacial score (nSPS) is 11.7. The van der Waals surface area contributed by atoms with Crippen LogP contribution in [0.1, 0.15) is 48.7 Å². The number of anilines is 1. The Bertz CT molecular complexity index is 963. The molecule has 1 unspecified atom stereocenters. The molecule has 0 bridgehead atoms. The lowest BCUT2D eigenvalue weighted by atomic mass is 10.0. The molecule has 32 heavy (non-hydrogen) atoms. The molecule has 2 aromatic rings. The summed E-state index contributed by atoms with van der Waals surface area (Å²) in [5.74, 6) is -1.19. The maximum Gasteiger partial charge on any atom is 0.338 e. The molecule has 2 aromatic carbocycles. The fourth-order valence-corrected chi connectivity index (χ4v) is 3.64. The number of rotatable bonds is 9. The first-order valence-electron chi connectivity index (χ1n) is 10.4. The van der Waals surface area contributed by atoms with Crippen LogP contribution in [0.25, 0.3) is 0 Å². The number of benzene rings is 2. The van der Waals surface area contributed by atoms with Crippen molar-refractivity contribution in [2.45, 2.75) is 46.7 Å². The molecule has 0 saturated carbocycles. The Kier molecular flexibility index (Phi) is 9.47. The maximum absolute atomic E-state index is 12.1. The molecule has 0 heterocycles. The van der Waals surface area contributed by atoms with Gasteiger partial charge in [-0.1, -0.05) is 43.6 Å². The Morgan fingerprint density at radius 1 is 1.19 bits per heavy atom. The third-order valence-electron chi connectivity index (χ3n) is 4.86. The van der Waals surface area contributed by atoms with E-state index in [-0.39, 0.29) is 17.6 Å². The number of hydrogen-bond donors (Lipinski definition) is 2. The van der Waals surface area contributed by atoms with Gasteiger partial charge in [0.1, 0.15) is 6.04 Å². The Balaban J connectivity index is 2.30. The first kappa shape index (κ1) is 25.6. The monoisotopic (exact) mass is 476 g/mol. The lowest BCUT2D eigenvalue weighted by Gasteiger charge is -2.32. The third kappa shape index (κ3) is 7.21. The van der Waals surface area contributed by atoms with E-state index in [1.54, 1.807) is 42.2 Å². The highest BCUT2D eigenvalue weighted by atomic mass is 35.5. The second kappa shape index (κ2) is 11.8. The first-order chi connectivity index (χ1) is 15.1. The van der Waals surface area contributed by atoms with Gasteiger partial charge in [0.15, 0.2) is 5.11 Å². The van der Waals surface area contributed by atoms with E-state index in [1.807, 2.05) is 32.9 Å². The second-order valence-electron chi connectivity index (χ2n) is 7.92. The van der Waals surface area contributed by atoms with Crippen molar-refractivity contribution in [1.29, 1.82) is 0 Å². The van der Waals surface area contributed by atoms with Gasteiger partial charge < -0.3 is 20.1 Å². The fraction of sp³-hybridized carbons (Fsp3) is 0.375. The summed E-state index contributed by atoms with van der Waals surface area (Å²) in [5, 5.41) is 13.9. The highest BCUT2D eigenvalue weighted by molar-refractivity contribution is 7.80. The number of ether oxygens (including phenoxy) is 1. The number of nitrogens with zero attached hydrogens (tertiary/aromatic N) is 1. The fourth-order valence-electron chi connectivity index (χ4n) is 3.15. The number of nitrogens with one attached hydrogen (secondary N) is 1. The number of halogens is 1. The van der Waals surface area contributed by atoms with Gasteiger partial charge in [0, 0.05) is 17.3 Å². The number of carbonyl (C=O) groups is 2. The minimum Gasteiger partial charge on any atom is -0.480 e. The lowest BCUT2D eigenvalue weighted by molar-refractivity contribution is -0.142. The maximum atomic E-state index is 12.1. The zero-order valence-corrected chi connectivity index (χ0v) is 20.3. The van der Waals surface area contributed by atoms with E-state index in [9.17, 15) is 14.7 Å². The van der Waals surface area contributed by atoms with E-state index < -0.39 is 18.0 Å². The molecule has 6 nitrogen and oxygen atoms in total. The van der Waals surface area contributed by atoms with Gasteiger partial charge in [-0.25, -0.2) is 9.59 Å². The van der Waals surface area contributed by atoms with Crippen LogP contribution in [-0.4, -0.2) is 39.7 Å². The molecule has 2 N–H and O–H groups in total. The molecule has 0 aliphatic carbocycles. The smallest absolute Gasteiger partial charge is 0.338 e. The van der Waals surface area contributed by atoms with Crippen LogP contribution in [0.15, 0.2) is 42.5 Å². The summed E-state index contributed by atoms with van der Waals surface area (Å²) < 4.78 is 5.02. The number of aryl methyl sites for hydroxylation is 1. The van der Waals surface area contributed by atoms with Crippen LogP contribution in [0, 0.1) is 12.8 Å². The topological polar surface area (TPSA) is 78.9 Å². The number of thiocarbonyl (C=S) groups is 1. The minimum atomic E-state index is -0.951. The number of aliphatic carboxylic acids is 1. The molecule has 0 spiro atoms. The summed E-state index contributed by atoms with van der Waals surface area (Å²) in [6, 6.07) is 11.5. The summed E-state index contributed by atoms with van der Waals surface area (Å²) in [7, 11) is 0. The van der Waals surface area contributed by atoms with Gasteiger partial charge >= 0.3 is 11.9 Å². The van der Waals surface area contributed by atoms with Crippen LogP contribution in [0.5, 0.6) is 0 Å². The lowest BCUT2D eigenvalue weighted by Crippen LogP contribution is -2.47. The number of hydrogen-bond acceptors (Lipinski definition) is 4. The molecule has 0 aromatic heterocycles. The third-order valence-corrected chi connectivity index (χ3v) is 5.60. The van der Waals surface area contributed by atoms with Crippen molar-refractivity contribution in [3.8, 4) is 0 Å². The van der Waals surface area contributed by atoms with Gasteiger partial charge in [0.25, 0.3) is 0 Å². The standard InChI is InChI=1S/C24H29ClN2O4S/c1-5-31-23(30)18-9-7-17(8-10-18)14-27(21(22(28)29)12-15(2)3)24(32)26-19-11-6-16(4)20(25)13-19/h6-11,13,15,21H,5,12,14H2,1-4H3,(H,26,32)(H,28,29). The molecule has 172 valence electrons. The zero-order valence-electron chi connectivity index (χ0n) is 18.7. The van der Waals surface area contributed by atoms with Crippen LogP contribution in [0.4, 0.5) is 5.69 Å². The van der Waals surface area contributed by atoms with Gasteiger partial charge in [-0.2, -0.15) is 0 Å². The largest absolute Gasteiger partial charge is 0.480 e. The van der Waals surface area contributed by atoms with Crippen molar-refractivity contribution in [2.24, 2.45) is 5.92 Å². The SMILES string of the molecule is CCOC(=O)c1ccc(CN(C(=S)Nc2ccc(C)c(Cl)c2)C(CC(C)C)C(=O)O)cc1. The van der Waals surface area contributed by atoms with Crippen LogP contribution < -0.4 is 5.32 Å². The quantitative estimate of drug-likeness (QED) is 0.364. The van der Waals surface area contributed by atoms with Crippen molar-refractivity contribution < 1.29 is 19.4 Å². The first-order valence-corrected chi connectivity index (χ1v) is 11.2. The summed E-state index contributed by atoms with van der Waals surface area (Å²) in [5.41, 5.74) is 2.88. The highest BCUT2D eigenvalue weighted by Crippen LogP contribution is 2.22. The highest BCUT2D eigenvalue weighted by Gasteiger charge is 2.29. The van der Waals surface area contributed by atoms with Gasteiger partial charge in [-0.3, -0.25) is 0 Å².